The van der Waals surface area contributed by atoms with Crippen molar-refractivity contribution in [1.29, 1.82) is 0 Å². The van der Waals surface area contributed by atoms with E-state index in [0.29, 0.717) is 29.4 Å². The van der Waals surface area contributed by atoms with Gasteiger partial charge in [-0.1, -0.05) is 19.3 Å². The molecule has 1 aromatic heterocycles. The molecule has 0 unspecified atom stereocenters. The third-order valence-corrected chi connectivity index (χ3v) is 5.62. The summed E-state index contributed by atoms with van der Waals surface area (Å²) in [7, 11) is -3.49. The van der Waals surface area contributed by atoms with Crippen LogP contribution in [0.2, 0.25) is 0 Å². The number of rotatable bonds is 5. The highest BCUT2D eigenvalue weighted by atomic mass is 32.2. The molecule has 0 bridgehead atoms. The highest BCUT2D eigenvalue weighted by Gasteiger charge is 2.27. The zero-order chi connectivity index (χ0) is 14.8. The molecule has 20 heavy (non-hydrogen) atoms. The molecule has 3 N–H and O–H groups in total. The van der Waals surface area contributed by atoms with Crippen molar-refractivity contribution in [3.63, 3.8) is 0 Å². The quantitative estimate of drug-likeness (QED) is 0.851. The number of nitrogens with two attached hydrogens (primary N) is 1. The van der Waals surface area contributed by atoms with E-state index in [-0.39, 0.29) is 6.04 Å². The fourth-order valence-corrected chi connectivity index (χ4v) is 4.62. The first-order chi connectivity index (χ1) is 9.45. The molecule has 1 aliphatic rings. The molecule has 6 nitrogen and oxygen atoms in total. The Labute approximate surface area is 120 Å². The van der Waals surface area contributed by atoms with Gasteiger partial charge in [0.25, 0.3) is 0 Å². The molecule has 0 spiro atoms. The van der Waals surface area contributed by atoms with Crippen LogP contribution in [-0.4, -0.2) is 30.8 Å². The third kappa shape index (κ3) is 3.21. The second-order valence-corrected chi connectivity index (χ2v) is 7.12. The first kappa shape index (κ1) is 15.5. The van der Waals surface area contributed by atoms with Crippen molar-refractivity contribution in [3.8, 4) is 0 Å². The Morgan fingerprint density at radius 3 is 2.55 bits per heavy atom. The average molecular weight is 300 g/mol. The molecule has 2 rings (SSSR count). The molecule has 0 radical (unpaired) electrons. The first-order valence-corrected chi connectivity index (χ1v) is 8.70. The monoisotopic (exact) mass is 300 g/mol. The summed E-state index contributed by atoms with van der Waals surface area (Å²) >= 11 is 0. The number of aromatic nitrogens is 2. The minimum Gasteiger partial charge on any atom is -0.329 e. The lowest BCUT2D eigenvalue weighted by Gasteiger charge is -2.22. The topological polar surface area (TPSA) is 90.0 Å². The van der Waals surface area contributed by atoms with Crippen molar-refractivity contribution < 1.29 is 8.42 Å². The Morgan fingerprint density at radius 2 is 1.95 bits per heavy atom. The SMILES string of the molecule is Cc1nn(CCN)c(C)c1S(=O)(=O)NC1CCCCC1. The van der Waals surface area contributed by atoms with Gasteiger partial charge in [-0.3, -0.25) is 4.68 Å². The van der Waals surface area contributed by atoms with E-state index in [0.717, 1.165) is 25.7 Å². The molecular weight excluding hydrogens is 276 g/mol. The molecule has 7 heteroatoms. The lowest BCUT2D eigenvalue weighted by molar-refractivity contribution is 0.412. The summed E-state index contributed by atoms with van der Waals surface area (Å²) in [5, 5.41) is 4.28. The van der Waals surface area contributed by atoms with Crippen molar-refractivity contribution in [2.24, 2.45) is 5.73 Å². The predicted molar refractivity (Wildman–Crippen MR) is 77.9 cm³/mol. The van der Waals surface area contributed by atoms with Gasteiger partial charge in [0, 0.05) is 12.6 Å². The molecule has 1 fully saturated rings. The standard InChI is InChI=1S/C13H24N4O2S/c1-10-13(11(2)17(15-10)9-8-14)20(18,19)16-12-6-4-3-5-7-12/h12,16H,3-9,14H2,1-2H3. The third-order valence-electron chi connectivity index (χ3n) is 3.85. The average Bonchev–Trinajstić information content (AvgIpc) is 2.66. The van der Waals surface area contributed by atoms with Crippen LogP contribution in [0.25, 0.3) is 0 Å². The van der Waals surface area contributed by atoms with Gasteiger partial charge >= 0.3 is 0 Å². The Kier molecular flexibility index (Phi) is 4.82. The van der Waals surface area contributed by atoms with E-state index in [1.165, 1.54) is 6.42 Å². The van der Waals surface area contributed by atoms with E-state index in [1.54, 1.807) is 18.5 Å². The zero-order valence-corrected chi connectivity index (χ0v) is 13.0. The van der Waals surface area contributed by atoms with E-state index in [1.807, 2.05) is 0 Å². The molecule has 1 aliphatic carbocycles. The zero-order valence-electron chi connectivity index (χ0n) is 12.2. The maximum atomic E-state index is 12.6. The predicted octanol–water partition coefficient (Wildman–Crippen LogP) is 1.07. The molecular formula is C13H24N4O2S. The second-order valence-electron chi connectivity index (χ2n) is 5.47. The first-order valence-electron chi connectivity index (χ1n) is 7.22. The van der Waals surface area contributed by atoms with E-state index in [4.69, 9.17) is 5.73 Å². The van der Waals surface area contributed by atoms with Gasteiger partial charge in [-0.15, -0.1) is 0 Å². The number of aryl methyl sites for hydroxylation is 1. The molecule has 0 atom stereocenters. The van der Waals surface area contributed by atoms with Crippen molar-refractivity contribution in [2.75, 3.05) is 6.54 Å². The molecule has 1 aromatic rings. The van der Waals surface area contributed by atoms with Crippen molar-refractivity contribution in [1.82, 2.24) is 14.5 Å². The van der Waals surface area contributed by atoms with Crippen LogP contribution in [0.5, 0.6) is 0 Å². The van der Waals surface area contributed by atoms with E-state index in [2.05, 4.69) is 9.82 Å². The van der Waals surface area contributed by atoms with Crippen LogP contribution in [0.15, 0.2) is 4.90 Å². The van der Waals surface area contributed by atoms with Crippen molar-refractivity contribution in [3.05, 3.63) is 11.4 Å². The molecule has 0 aliphatic heterocycles. The van der Waals surface area contributed by atoms with Crippen LogP contribution in [0, 0.1) is 13.8 Å². The maximum absolute atomic E-state index is 12.6. The molecule has 0 aromatic carbocycles. The van der Waals surface area contributed by atoms with Gasteiger partial charge in [0.1, 0.15) is 4.90 Å². The minimum absolute atomic E-state index is 0.0606. The summed E-state index contributed by atoms with van der Waals surface area (Å²) in [6.07, 6.45) is 5.24. The van der Waals surface area contributed by atoms with Crippen molar-refractivity contribution >= 4 is 10.0 Å². The Morgan fingerprint density at radius 1 is 1.30 bits per heavy atom. The van der Waals surface area contributed by atoms with E-state index in [9.17, 15) is 8.42 Å². The summed E-state index contributed by atoms with van der Waals surface area (Å²) < 4.78 is 29.6. The lowest BCUT2D eigenvalue weighted by atomic mass is 9.96. The van der Waals surface area contributed by atoms with Gasteiger partial charge in [0.05, 0.1) is 17.9 Å². The number of nitrogens with one attached hydrogen (secondary N) is 1. The van der Waals surface area contributed by atoms with Gasteiger partial charge in [0.15, 0.2) is 0 Å². The van der Waals surface area contributed by atoms with Crippen molar-refractivity contribution in [2.45, 2.75) is 63.4 Å². The van der Waals surface area contributed by atoms with Crippen LogP contribution in [0.4, 0.5) is 0 Å². The van der Waals surface area contributed by atoms with E-state index < -0.39 is 10.0 Å². The van der Waals surface area contributed by atoms with Gasteiger partial charge in [-0.05, 0) is 26.7 Å². The highest BCUT2D eigenvalue weighted by Crippen LogP contribution is 2.23. The van der Waals surface area contributed by atoms with Crippen LogP contribution in [0.1, 0.15) is 43.5 Å². The fourth-order valence-electron chi connectivity index (χ4n) is 2.91. The molecule has 114 valence electrons. The van der Waals surface area contributed by atoms with Gasteiger partial charge < -0.3 is 5.73 Å². The summed E-state index contributed by atoms with van der Waals surface area (Å²) in [5.74, 6) is 0. The molecule has 1 saturated carbocycles. The smallest absolute Gasteiger partial charge is 0.244 e. The number of hydrogen-bond donors (Lipinski definition) is 2. The van der Waals surface area contributed by atoms with Crippen LogP contribution in [-0.2, 0) is 16.6 Å². The number of hydrogen-bond acceptors (Lipinski definition) is 4. The van der Waals surface area contributed by atoms with Crippen LogP contribution >= 0.6 is 0 Å². The molecule has 1 heterocycles. The largest absolute Gasteiger partial charge is 0.329 e. The Balaban J connectivity index is 2.24. The normalized spacial score (nSPS) is 17.6. The summed E-state index contributed by atoms with van der Waals surface area (Å²) in [5.41, 5.74) is 6.73. The highest BCUT2D eigenvalue weighted by molar-refractivity contribution is 7.89. The lowest BCUT2D eigenvalue weighted by Crippen LogP contribution is -2.36. The summed E-state index contributed by atoms with van der Waals surface area (Å²) in [4.78, 5) is 0.316. The molecule has 0 saturated heterocycles. The Hall–Kier alpha value is -0.920. The van der Waals surface area contributed by atoms with E-state index >= 15 is 0 Å². The van der Waals surface area contributed by atoms with Gasteiger partial charge in [-0.25, -0.2) is 13.1 Å². The Bertz CT molecular complexity index is 559. The second kappa shape index (κ2) is 6.24. The van der Waals surface area contributed by atoms with Gasteiger partial charge in [-0.2, -0.15) is 5.10 Å². The fraction of sp³-hybridized carbons (Fsp3) is 0.769. The summed E-state index contributed by atoms with van der Waals surface area (Å²) in [6.45, 7) is 4.49. The van der Waals surface area contributed by atoms with Gasteiger partial charge in [0.2, 0.25) is 10.0 Å². The summed E-state index contributed by atoms with van der Waals surface area (Å²) in [6, 6.07) is 0.0606. The molecule has 0 amide bonds. The van der Waals surface area contributed by atoms with Crippen LogP contribution in [0.3, 0.4) is 0 Å². The maximum Gasteiger partial charge on any atom is 0.244 e. The number of sulfonamides is 1. The minimum atomic E-state index is -3.49. The number of nitrogens with zero attached hydrogens (tertiary/aromatic N) is 2. The van der Waals surface area contributed by atoms with Crippen LogP contribution < -0.4 is 10.5 Å².